The highest BCUT2D eigenvalue weighted by molar-refractivity contribution is 5.33. The van der Waals surface area contributed by atoms with Gasteiger partial charge in [0.1, 0.15) is 5.76 Å². The number of allylic oxidation sites excluding steroid dienone is 1. The molecule has 3 rings (SSSR count). The van der Waals surface area contributed by atoms with Crippen LogP contribution >= 0.6 is 0 Å². The van der Waals surface area contributed by atoms with E-state index in [0.717, 1.165) is 24.2 Å². The first-order chi connectivity index (χ1) is 8.00. The Kier molecular flexibility index (Phi) is 2.27. The molecular weight excluding hydrogens is 212 g/mol. The van der Waals surface area contributed by atoms with Crippen molar-refractivity contribution in [3.8, 4) is 0 Å². The molecule has 0 aromatic carbocycles. The van der Waals surface area contributed by atoms with Crippen LogP contribution in [0.25, 0.3) is 0 Å². The maximum atomic E-state index is 10.0. The van der Waals surface area contributed by atoms with E-state index in [-0.39, 0.29) is 11.5 Å². The van der Waals surface area contributed by atoms with Gasteiger partial charge in [-0.3, -0.25) is 0 Å². The summed E-state index contributed by atoms with van der Waals surface area (Å²) >= 11 is 0. The summed E-state index contributed by atoms with van der Waals surface area (Å²) in [6, 6.07) is 2.10. The molecule has 2 nitrogen and oxygen atoms in total. The van der Waals surface area contributed by atoms with E-state index in [1.807, 2.05) is 6.92 Å². The lowest BCUT2D eigenvalue weighted by Gasteiger charge is -2.45. The van der Waals surface area contributed by atoms with Crippen molar-refractivity contribution in [1.29, 1.82) is 0 Å². The lowest BCUT2D eigenvalue weighted by molar-refractivity contribution is 0.0911. The van der Waals surface area contributed by atoms with Gasteiger partial charge in [-0.25, -0.2) is 0 Å². The Balaban J connectivity index is 2.07. The van der Waals surface area contributed by atoms with E-state index in [4.69, 9.17) is 4.42 Å². The van der Waals surface area contributed by atoms with Crippen molar-refractivity contribution < 1.29 is 9.52 Å². The molecule has 1 aromatic heterocycles. The summed E-state index contributed by atoms with van der Waals surface area (Å²) in [5.74, 6) is 2.16. The Morgan fingerprint density at radius 2 is 2.18 bits per heavy atom. The zero-order chi connectivity index (χ0) is 12.2. The summed E-state index contributed by atoms with van der Waals surface area (Å²) in [4.78, 5) is 0. The molecule has 2 heteroatoms. The standard InChI is InChI=1S/C15H20O2/c1-9-6-11-7-10-4-5-17-14(10)15(2,3)12(11)8-13(9)16/h4-6,11-13,16H,7-8H2,1-3H3. The fourth-order valence-corrected chi connectivity index (χ4v) is 3.68. The van der Waals surface area contributed by atoms with E-state index in [9.17, 15) is 5.11 Å². The third-order valence-electron chi connectivity index (χ3n) is 4.71. The number of aliphatic hydroxyl groups is 1. The Labute approximate surface area is 102 Å². The van der Waals surface area contributed by atoms with E-state index in [0.29, 0.717) is 11.8 Å². The molecule has 0 amide bonds. The van der Waals surface area contributed by atoms with E-state index < -0.39 is 0 Å². The molecule has 1 heterocycles. The van der Waals surface area contributed by atoms with E-state index in [2.05, 4.69) is 26.0 Å². The zero-order valence-electron chi connectivity index (χ0n) is 10.7. The number of hydrogen-bond donors (Lipinski definition) is 1. The number of aliphatic hydroxyl groups excluding tert-OH is 1. The van der Waals surface area contributed by atoms with Gasteiger partial charge in [0.05, 0.1) is 12.4 Å². The summed E-state index contributed by atoms with van der Waals surface area (Å²) in [6.45, 7) is 6.53. The predicted molar refractivity (Wildman–Crippen MR) is 66.8 cm³/mol. The van der Waals surface area contributed by atoms with Crippen LogP contribution < -0.4 is 0 Å². The van der Waals surface area contributed by atoms with Gasteiger partial charge in [-0.15, -0.1) is 0 Å². The lowest BCUT2D eigenvalue weighted by atomic mass is 9.59. The van der Waals surface area contributed by atoms with Crippen molar-refractivity contribution in [1.82, 2.24) is 0 Å². The van der Waals surface area contributed by atoms with Crippen molar-refractivity contribution in [3.05, 3.63) is 35.3 Å². The molecule has 0 saturated heterocycles. The lowest BCUT2D eigenvalue weighted by Crippen LogP contribution is -2.43. The SMILES string of the molecule is CC1=CC2Cc3ccoc3C(C)(C)C2CC1O. The summed E-state index contributed by atoms with van der Waals surface area (Å²) < 4.78 is 5.68. The third-order valence-corrected chi connectivity index (χ3v) is 4.71. The van der Waals surface area contributed by atoms with E-state index >= 15 is 0 Å². The average Bonchev–Trinajstić information content (AvgIpc) is 2.71. The minimum absolute atomic E-state index is 0.0277. The molecule has 1 aromatic rings. The fourth-order valence-electron chi connectivity index (χ4n) is 3.68. The largest absolute Gasteiger partial charge is 0.468 e. The summed E-state index contributed by atoms with van der Waals surface area (Å²) in [6.07, 6.45) is 5.73. The van der Waals surface area contributed by atoms with Crippen molar-refractivity contribution in [2.24, 2.45) is 11.8 Å². The molecule has 0 radical (unpaired) electrons. The van der Waals surface area contributed by atoms with Crippen LogP contribution in [0.1, 0.15) is 38.5 Å². The average molecular weight is 232 g/mol. The fraction of sp³-hybridized carbons (Fsp3) is 0.600. The maximum absolute atomic E-state index is 10.0. The van der Waals surface area contributed by atoms with Crippen LogP contribution in [0, 0.1) is 11.8 Å². The maximum Gasteiger partial charge on any atom is 0.112 e. The van der Waals surface area contributed by atoms with Gasteiger partial charge in [0, 0.05) is 5.41 Å². The number of furan rings is 1. The molecule has 0 spiro atoms. The van der Waals surface area contributed by atoms with E-state index in [1.165, 1.54) is 5.56 Å². The highest BCUT2D eigenvalue weighted by atomic mass is 16.3. The van der Waals surface area contributed by atoms with Crippen LogP contribution in [-0.2, 0) is 11.8 Å². The van der Waals surface area contributed by atoms with Crippen molar-refractivity contribution >= 4 is 0 Å². The molecule has 3 unspecified atom stereocenters. The smallest absolute Gasteiger partial charge is 0.112 e. The molecule has 92 valence electrons. The van der Waals surface area contributed by atoms with Crippen LogP contribution in [-0.4, -0.2) is 11.2 Å². The van der Waals surface area contributed by atoms with Gasteiger partial charge >= 0.3 is 0 Å². The summed E-state index contributed by atoms with van der Waals surface area (Å²) in [5.41, 5.74) is 2.51. The monoisotopic (exact) mass is 232 g/mol. The van der Waals surface area contributed by atoms with Crippen molar-refractivity contribution in [2.75, 3.05) is 0 Å². The molecule has 0 bridgehead atoms. The highest BCUT2D eigenvalue weighted by Crippen LogP contribution is 2.49. The first-order valence-electron chi connectivity index (χ1n) is 6.43. The minimum atomic E-state index is -0.271. The third kappa shape index (κ3) is 1.50. The first-order valence-corrected chi connectivity index (χ1v) is 6.43. The Hall–Kier alpha value is -1.02. The molecule has 0 fully saturated rings. The Morgan fingerprint density at radius 3 is 2.94 bits per heavy atom. The van der Waals surface area contributed by atoms with Gasteiger partial charge in [-0.2, -0.15) is 0 Å². The first kappa shape index (κ1) is 11.1. The van der Waals surface area contributed by atoms with Gasteiger partial charge in [0.15, 0.2) is 0 Å². The Bertz CT molecular complexity index is 467. The summed E-state index contributed by atoms with van der Waals surface area (Å²) in [7, 11) is 0. The second-order valence-corrected chi connectivity index (χ2v) is 6.13. The van der Waals surface area contributed by atoms with Crippen molar-refractivity contribution in [3.63, 3.8) is 0 Å². The molecule has 17 heavy (non-hydrogen) atoms. The van der Waals surface area contributed by atoms with Crippen molar-refractivity contribution in [2.45, 2.75) is 45.1 Å². The molecule has 2 aliphatic carbocycles. The second kappa shape index (κ2) is 3.49. The topological polar surface area (TPSA) is 33.4 Å². The van der Waals surface area contributed by atoms with Crippen LogP contribution in [0.15, 0.2) is 28.4 Å². The van der Waals surface area contributed by atoms with Gasteiger partial charge in [-0.1, -0.05) is 19.9 Å². The molecule has 2 aliphatic rings. The number of fused-ring (bicyclic) bond motifs is 2. The normalized spacial score (nSPS) is 34.8. The Morgan fingerprint density at radius 1 is 1.41 bits per heavy atom. The summed E-state index contributed by atoms with van der Waals surface area (Å²) in [5, 5.41) is 10.0. The number of hydrogen-bond acceptors (Lipinski definition) is 2. The zero-order valence-corrected chi connectivity index (χ0v) is 10.7. The quantitative estimate of drug-likeness (QED) is 0.697. The second-order valence-electron chi connectivity index (χ2n) is 6.13. The number of rotatable bonds is 0. The van der Waals surface area contributed by atoms with Gasteiger partial charge in [0.25, 0.3) is 0 Å². The van der Waals surface area contributed by atoms with Crippen LogP contribution in [0.4, 0.5) is 0 Å². The molecule has 0 saturated carbocycles. The molecule has 1 N–H and O–H groups in total. The van der Waals surface area contributed by atoms with Crippen LogP contribution in [0.5, 0.6) is 0 Å². The van der Waals surface area contributed by atoms with Gasteiger partial charge in [-0.05, 0) is 48.8 Å². The predicted octanol–water partition coefficient (Wildman–Crippen LogP) is 3.06. The highest BCUT2D eigenvalue weighted by Gasteiger charge is 2.46. The van der Waals surface area contributed by atoms with Gasteiger partial charge < -0.3 is 9.52 Å². The molecular formula is C15H20O2. The minimum Gasteiger partial charge on any atom is -0.468 e. The molecule has 0 aliphatic heterocycles. The van der Waals surface area contributed by atoms with Crippen LogP contribution in [0.3, 0.4) is 0 Å². The van der Waals surface area contributed by atoms with Gasteiger partial charge in [0.2, 0.25) is 0 Å². The van der Waals surface area contributed by atoms with Crippen LogP contribution in [0.2, 0.25) is 0 Å². The van der Waals surface area contributed by atoms with E-state index in [1.54, 1.807) is 6.26 Å². The molecule has 3 atom stereocenters.